The number of benzene rings is 1. The minimum absolute atomic E-state index is 0.200. The van der Waals surface area contributed by atoms with Crippen molar-refractivity contribution < 1.29 is 19.1 Å². The van der Waals surface area contributed by atoms with E-state index < -0.39 is 5.60 Å². The van der Waals surface area contributed by atoms with Gasteiger partial charge < -0.3 is 19.1 Å². The SMILES string of the molecule is CCOCCOC(C)(C)c1cc(-c2cc(C(C)(C)C)c(O)c(C(C)(C)C)c2)no1. The van der Waals surface area contributed by atoms with Gasteiger partial charge in [-0.3, -0.25) is 0 Å². The van der Waals surface area contributed by atoms with E-state index in [1.54, 1.807) is 0 Å². The third-order valence-corrected chi connectivity index (χ3v) is 5.02. The maximum Gasteiger partial charge on any atom is 0.168 e. The summed E-state index contributed by atoms with van der Waals surface area (Å²) >= 11 is 0. The van der Waals surface area contributed by atoms with Crippen molar-refractivity contribution in [1.29, 1.82) is 0 Å². The molecule has 0 fully saturated rings. The number of phenols is 1. The molecule has 0 spiro atoms. The smallest absolute Gasteiger partial charge is 0.168 e. The molecule has 2 aromatic rings. The molecule has 162 valence electrons. The van der Waals surface area contributed by atoms with Crippen LogP contribution in [0.4, 0.5) is 0 Å². The van der Waals surface area contributed by atoms with E-state index >= 15 is 0 Å². The average Bonchev–Trinajstić information content (AvgIpc) is 3.08. The standard InChI is InChI=1S/C24H37NO4/c1-10-27-11-12-28-24(8,9)20-15-19(25-29-20)16-13-17(22(2,3)4)21(26)18(14-16)23(5,6)7/h13-15,26H,10-12H2,1-9H3. The molecule has 1 aromatic carbocycles. The van der Waals surface area contributed by atoms with Crippen LogP contribution >= 0.6 is 0 Å². The Hall–Kier alpha value is -1.85. The third kappa shape index (κ3) is 5.61. The van der Waals surface area contributed by atoms with E-state index in [9.17, 15) is 5.11 Å². The lowest BCUT2D eigenvalue weighted by atomic mass is 9.78. The first-order valence-corrected chi connectivity index (χ1v) is 10.3. The Balaban J connectivity index is 2.43. The van der Waals surface area contributed by atoms with E-state index in [0.717, 1.165) is 22.4 Å². The highest BCUT2D eigenvalue weighted by Gasteiger charge is 2.30. The Morgan fingerprint density at radius 1 is 0.897 bits per heavy atom. The molecule has 5 nitrogen and oxygen atoms in total. The molecule has 0 saturated heterocycles. The van der Waals surface area contributed by atoms with Gasteiger partial charge in [0, 0.05) is 29.4 Å². The summed E-state index contributed by atoms with van der Waals surface area (Å²) in [5.74, 6) is 1.02. The normalized spacial score (nSPS) is 13.1. The molecule has 0 aliphatic rings. The molecule has 5 heteroatoms. The summed E-state index contributed by atoms with van der Waals surface area (Å²) in [6.07, 6.45) is 0. The van der Waals surface area contributed by atoms with Crippen LogP contribution in [0.15, 0.2) is 22.7 Å². The summed E-state index contributed by atoms with van der Waals surface area (Å²) in [6, 6.07) is 5.94. The fraction of sp³-hybridized carbons (Fsp3) is 0.625. The number of phenolic OH excluding ortho intramolecular Hbond substituents is 1. The predicted molar refractivity (Wildman–Crippen MR) is 116 cm³/mol. The number of hydrogen-bond acceptors (Lipinski definition) is 5. The van der Waals surface area contributed by atoms with Gasteiger partial charge in [-0.25, -0.2) is 0 Å². The van der Waals surface area contributed by atoms with Crippen molar-refractivity contribution in [2.75, 3.05) is 19.8 Å². The van der Waals surface area contributed by atoms with E-state index in [1.165, 1.54) is 0 Å². The molecule has 0 atom stereocenters. The molecule has 0 amide bonds. The maximum absolute atomic E-state index is 10.9. The van der Waals surface area contributed by atoms with Gasteiger partial charge in [0.2, 0.25) is 0 Å². The Morgan fingerprint density at radius 3 is 1.93 bits per heavy atom. The molecule has 1 aromatic heterocycles. The average molecular weight is 404 g/mol. The van der Waals surface area contributed by atoms with Crippen LogP contribution in [0.1, 0.15) is 79.2 Å². The zero-order valence-corrected chi connectivity index (χ0v) is 19.5. The lowest BCUT2D eigenvalue weighted by Gasteiger charge is -2.28. The van der Waals surface area contributed by atoms with Crippen LogP contribution in [-0.4, -0.2) is 30.1 Å². The van der Waals surface area contributed by atoms with E-state index in [2.05, 4.69) is 46.7 Å². The molecule has 0 aliphatic carbocycles. The number of aromatic hydroxyl groups is 1. The van der Waals surface area contributed by atoms with Crippen LogP contribution in [0.5, 0.6) is 5.75 Å². The van der Waals surface area contributed by atoms with Gasteiger partial charge in [0.15, 0.2) is 5.76 Å². The zero-order valence-electron chi connectivity index (χ0n) is 19.5. The van der Waals surface area contributed by atoms with Gasteiger partial charge in [0.25, 0.3) is 0 Å². The third-order valence-electron chi connectivity index (χ3n) is 5.02. The van der Waals surface area contributed by atoms with Gasteiger partial charge >= 0.3 is 0 Å². The van der Waals surface area contributed by atoms with Crippen molar-refractivity contribution in [1.82, 2.24) is 5.16 Å². The first-order chi connectivity index (χ1) is 13.3. The molecule has 1 heterocycles. The molecule has 2 rings (SSSR count). The van der Waals surface area contributed by atoms with Gasteiger partial charge in [0.1, 0.15) is 17.0 Å². The summed E-state index contributed by atoms with van der Waals surface area (Å²) in [5.41, 5.74) is 2.45. The number of aromatic nitrogens is 1. The number of rotatable bonds is 7. The van der Waals surface area contributed by atoms with Crippen LogP contribution in [0.25, 0.3) is 11.3 Å². The number of ether oxygens (including phenoxy) is 2. The lowest BCUT2D eigenvalue weighted by molar-refractivity contribution is -0.0622. The largest absolute Gasteiger partial charge is 0.507 e. The molecule has 0 radical (unpaired) electrons. The van der Waals surface area contributed by atoms with Crippen molar-refractivity contribution in [3.8, 4) is 17.0 Å². The minimum Gasteiger partial charge on any atom is -0.507 e. The molecule has 0 saturated carbocycles. The first kappa shape index (κ1) is 23.4. The van der Waals surface area contributed by atoms with E-state index in [-0.39, 0.29) is 10.8 Å². The minimum atomic E-state index is -0.612. The van der Waals surface area contributed by atoms with Gasteiger partial charge in [-0.2, -0.15) is 0 Å². The van der Waals surface area contributed by atoms with Gasteiger partial charge in [-0.1, -0.05) is 46.7 Å². The van der Waals surface area contributed by atoms with Crippen molar-refractivity contribution in [2.24, 2.45) is 0 Å². The fourth-order valence-electron chi connectivity index (χ4n) is 3.19. The summed E-state index contributed by atoms with van der Waals surface area (Å²) in [4.78, 5) is 0. The van der Waals surface area contributed by atoms with Crippen molar-refractivity contribution in [2.45, 2.75) is 78.7 Å². The van der Waals surface area contributed by atoms with Gasteiger partial charge in [0.05, 0.1) is 13.2 Å². The van der Waals surface area contributed by atoms with Crippen molar-refractivity contribution in [3.05, 3.63) is 35.1 Å². The lowest BCUT2D eigenvalue weighted by Crippen LogP contribution is -2.23. The topological polar surface area (TPSA) is 64.7 Å². The zero-order chi connectivity index (χ0) is 22.0. The monoisotopic (exact) mass is 403 g/mol. The maximum atomic E-state index is 10.9. The van der Waals surface area contributed by atoms with Crippen LogP contribution in [0.3, 0.4) is 0 Å². The summed E-state index contributed by atoms with van der Waals surface area (Å²) in [7, 11) is 0. The van der Waals surface area contributed by atoms with Crippen LogP contribution in [0.2, 0.25) is 0 Å². The van der Waals surface area contributed by atoms with Crippen LogP contribution in [0, 0.1) is 0 Å². The second-order valence-corrected chi connectivity index (χ2v) is 10.1. The fourth-order valence-corrected chi connectivity index (χ4v) is 3.19. The summed E-state index contributed by atoms with van der Waals surface area (Å²) in [6.45, 7) is 20.2. The molecule has 0 unspecified atom stereocenters. The molecular formula is C24H37NO4. The van der Waals surface area contributed by atoms with E-state index in [1.807, 2.05) is 39.0 Å². The van der Waals surface area contributed by atoms with Gasteiger partial charge in [-0.15, -0.1) is 0 Å². The molecule has 29 heavy (non-hydrogen) atoms. The van der Waals surface area contributed by atoms with Crippen LogP contribution < -0.4 is 0 Å². The molecule has 0 bridgehead atoms. The second-order valence-electron chi connectivity index (χ2n) is 10.1. The van der Waals surface area contributed by atoms with Crippen molar-refractivity contribution >= 4 is 0 Å². The highest BCUT2D eigenvalue weighted by Crippen LogP contribution is 2.42. The highest BCUT2D eigenvalue weighted by molar-refractivity contribution is 5.66. The van der Waals surface area contributed by atoms with E-state index in [0.29, 0.717) is 31.3 Å². The number of hydrogen-bond donors (Lipinski definition) is 1. The Labute approximate surface area is 175 Å². The highest BCUT2D eigenvalue weighted by atomic mass is 16.5. The molecule has 0 aliphatic heterocycles. The first-order valence-electron chi connectivity index (χ1n) is 10.3. The Bertz CT molecular complexity index is 787. The van der Waals surface area contributed by atoms with Crippen LogP contribution in [-0.2, 0) is 25.9 Å². The number of nitrogens with zero attached hydrogens (tertiary/aromatic N) is 1. The van der Waals surface area contributed by atoms with E-state index in [4.69, 9.17) is 14.0 Å². The second kappa shape index (κ2) is 8.49. The summed E-state index contributed by atoms with van der Waals surface area (Å²) in [5, 5.41) is 15.2. The van der Waals surface area contributed by atoms with Gasteiger partial charge in [-0.05, 0) is 43.7 Å². The molecular weight excluding hydrogens is 366 g/mol. The molecule has 1 N–H and O–H groups in total. The van der Waals surface area contributed by atoms with Crippen molar-refractivity contribution in [3.63, 3.8) is 0 Å². The Kier molecular flexibility index (Phi) is 6.86. The predicted octanol–water partition coefficient (Wildman–Crippen LogP) is 5.93. The summed E-state index contributed by atoms with van der Waals surface area (Å²) < 4.78 is 16.9. The quantitative estimate of drug-likeness (QED) is 0.580. The Morgan fingerprint density at radius 2 is 1.45 bits per heavy atom.